The normalized spacial score (nSPS) is 13.6. The first-order valence-corrected chi connectivity index (χ1v) is 8.73. The molecule has 1 aromatic carbocycles. The number of anilines is 1. The predicted octanol–water partition coefficient (Wildman–Crippen LogP) is 2.74. The lowest BCUT2D eigenvalue weighted by Crippen LogP contribution is -2.35. The number of aryl methyl sites for hydroxylation is 2. The summed E-state index contributed by atoms with van der Waals surface area (Å²) in [5, 5.41) is 12.5. The van der Waals surface area contributed by atoms with E-state index in [0.717, 1.165) is 29.8 Å². The number of rotatable bonds is 5. The Morgan fingerprint density at radius 1 is 1.33 bits per heavy atom. The van der Waals surface area contributed by atoms with Crippen LogP contribution in [0.3, 0.4) is 0 Å². The molecule has 24 heavy (non-hydrogen) atoms. The molecule has 0 saturated heterocycles. The van der Waals surface area contributed by atoms with Crippen LogP contribution in [-0.4, -0.2) is 32.9 Å². The van der Waals surface area contributed by atoms with Gasteiger partial charge in [-0.2, -0.15) is 0 Å². The molecule has 3 amide bonds. The first-order chi connectivity index (χ1) is 11.5. The van der Waals surface area contributed by atoms with Crippen molar-refractivity contribution < 1.29 is 9.59 Å². The highest BCUT2D eigenvalue weighted by Gasteiger charge is 2.27. The number of carbonyl (C=O) groups is 2. The largest absolute Gasteiger partial charge is 0.325 e. The Morgan fingerprint density at radius 3 is 2.83 bits per heavy atom. The van der Waals surface area contributed by atoms with Crippen LogP contribution in [0.25, 0.3) is 0 Å². The minimum atomic E-state index is -0.541. The summed E-state index contributed by atoms with van der Waals surface area (Å²) >= 11 is 1.20. The van der Waals surface area contributed by atoms with Crippen molar-refractivity contribution in [1.29, 1.82) is 0 Å². The molecule has 3 rings (SSSR count). The first kappa shape index (κ1) is 16.5. The monoisotopic (exact) mass is 345 g/mol. The van der Waals surface area contributed by atoms with Crippen molar-refractivity contribution in [3.8, 4) is 0 Å². The number of amides is 3. The van der Waals surface area contributed by atoms with Gasteiger partial charge in [0.15, 0.2) is 0 Å². The maximum atomic E-state index is 11.9. The number of aromatic nitrogens is 3. The highest BCUT2D eigenvalue weighted by Crippen LogP contribution is 2.38. The first-order valence-electron chi connectivity index (χ1n) is 7.74. The van der Waals surface area contributed by atoms with Crippen LogP contribution < -0.4 is 10.6 Å². The highest BCUT2D eigenvalue weighted by atomic mass is 32.2. The molecule has 1 saturated carbocycles. The van der Waals surface area contributed by atoms with Gasteiger partial charge in [0.2, 0.25) is 11.1 Å². The van der Waals surface area contributed by atoms with Crippen molar-refractivity contribution in [2.75, 3.05) is 11.1 Å². The van der Waals surface area contributed by atoms with Crippen LogP contribution in [0.5, 0.6) is 0 Å². The second-order valence-corrected chi connectivity index (χ2v) is 6.83. The molecule has 0 spiro atoms. The summed E-state index contributed by atoms with van der Waals surface area (Å²) in [6, 6.07) is 5.15. The van der Waals surface area contributed by atoms with Crippen molar-refractivity contribution in [2.24, 2.45) is 0 Å². The molecule has 0 bridgehead atoms. The number of hydrogen-bond donors (Lipinski definition) is 3. The second-order valence-electron chi connectivity index (χ2n) is 5.89. The Kier molecular flexibility index (Phi) is 4.84. The van der Waals surface area contributed by atoms with Crippen LogP contribution in [0.15, 0.2) is 23.4 Å². The zero-order valence-electron chi connectivity index (χ0n) is 13.5. The van der Waals surface area contributed by atoms with Crippen molar-refractivity contribution in [1.82, 2.24) is 20.5 Å². The fourth-order valence-electron chi connectivity index (χ4n) is 2.26. The predicted molar refractivity (Wildman–Crippen MR) is 92.2 cm³/mol. The number of aromatic amines is 1. The smallest absolute Gasteiger partial charge is 0.307 e. The summed E-state index contributed by atoms with van der Waals surface area (Å²) in [4.78, 5) is 28.1. The van der Waals surface area contributed by atoms with Gasteiger partial charge in [-0.05, 0) is 38.3 Å². The quantitative estimate of drug-likeness (QED) is 0.724. The van der Waals surface area contributed by atoms with E-state index in [0.29, 0.717) is 16.8 Å². The third kappa shape index (κ3) is 4.35. The number of imide groups is 1. The summed E-state index contributed by atoms with van der Waals surface area (Å²) in [5.41, 5.74) is 2.74. The van der Waals surface area contributed by atoms with Gasteiger partial charge in [-0.1, -0.05) is 29.5 Å². The topological polar surface area (TPSA) is 99.8 Å². The van der Waals surface area contributed by atoms with E-state index >= 15 is 0 Å². The van der Waals surface area contributed by atoms with Gasteiger partial charge in [-0.3, -0.25) is 15.2 Å². The van der Waals surface area contributed by atoms with Crippen LogP contribution in [-0.2, 0) is 4.79 Å². The average molecular weight is 345 g/mol. The lowest BCUT2D eigenvalue weighted by molar-refractivity contribution is -0.117. The van der Waals surface area contributed by atoms with Crippen LogP contribution in [0, 0.1) is 13.8 Å². The number of benzene rings is 1. The molecule has 126 valence electrons. The summed E-state index contributed by atoms with van der Waals surface area (Å²) in [6.07, 6.45) is 2.27. The van der Waals surface area contributed by atoms with Gasteiger partial charge in [0, 0.05) is 11.6 Å². The minimum Gasteiger partial charge on any atom is -0.307 e. The fraction of sp³-hybridized carbons (Fsp3) is 0.375. The van der Waals surface area contributed by atoms with E-state index in [1.165, 1.54) is 11.8 Å². The Labute approximate surface area is 144 Å². The molecule has 1 aromatic heterocycles. The maximum Gasteiger partial charge on any atom is 0.325 e. The molecule has 1 heterocycles. The molecule has 8 heteroatoms. The van der Waals surface area contributed by atoms with Crippen LogP contribution >= 0.6 is 11.8 Å². The fourth-order valence-corrected chi connectivity index (χ4v) is 2.87. The molecule has 7 nitrogen and oxygen atoms in total. The molecule has 0 aliphatic heterocycles. The van der Waals surface area contributed by atoms with Crippen molar-refractivity contribution in [3.05, 3.63) is 35.2 Å². The van der Waals surface area contributed by atoms with Crippen LogP contribution in [0.4, 0.5) is 10.5 Å². The van der Waals surface area contributed by atoms with Gasteiger partial charge < -0.3 is 5.32 Å². The molecule has 0 atom stereocenters. The number of carbonyl (C=O) groups excluding carboxylic acids is 2. The van der Waals surface area contributed by atoms with Crippen LogP contribution in [0.2, 0.25) is 0 Å². The molecule has 1 fully saturated rings. The number of H-pyrrole nitrogens is 1. The number of nitrogens with zero attached hydrogens (tertiary/aromatic N) is 2. The van der Waals surface area contributed by atoms with Crippen molar-refractivity contribution in [3.63, 3.8) is 0 Å². The Morgan fingerprint density at radius 2 is 2.12 bits per heavy atom. The van der Waals surface area contributed by atoms with E-state index in [2.05, 4.69) is 25.8 Å². The number of hydrogen-bond acceptors (Lipinski definition) is 5. The van der Waals surface area contributed by atoms with Gasteiger partial charge >= 0.3 is 6.03 Å². The van der Waals surface area contributed by atoms with Crippen molar-refractivity contribution in [2.45, 2.75) is 37.8 Å². The zero-order chi connectivity index (χ0) is 17.1. The Hall–Kier alpha value is -2.35. The second kappa shape index (κ2) is 7.04. The molecular formula is C16H19N5O2S. The van der Waals surface area contributed by atoms with Gasteiger partial charge in [-0.25, -0.2) is 9.78 Å². The summed E-state index contributed by atoms with van der Waals surface area (Å²) < 4.78 is 0. The van der Waals surface area contributed by atoms with E-state index in [1.54, 1.807) is 0 Å². The third-order valence-corrected chi connectivity index (χ3v) is 4.51. The van der Waals surface area contributed by atoms with E-state index in [-0.39, 0.29) is 11.7 Å². The molecular weight excluding hydrogens is 326 g/mol. The van der Waals surface area contributed by atoms with Gasteiger partial charge in [0.1, 0.15) is 5.82 Å². The standard InChI is InChI=1S/C16H19N5O2S/c1-9-3-6-12(10(2)7-9)17-15(23)18-13(22)8-24-16-19-14(20-21-16)11-4-5-11/h3,6-7,11H,4-5,8H2,1-2H3,(H,19,20,21)(H2,17,18,22,23). The van der Waals surface area contributed by atoms with E-state index in [9.17, 15) is 9.59 Å². The lowest BCUT2D eigenvalue weighted by Gasteiger charge is -2.09. The maximum absolute atomic E-state index is 11.9. The Balaban J connectivity index is 1.45. The van der Waals surface area contributed by atoms with E-state index < -0.39 is 6.03 Å². The number of thioether (sulfide) groups is 1. The van der Waals surface area contributed by atoms with Gasteiger partial charge in [0.25, 0.3) is 0 Å². The van der Waals surface area contributed by atoms with Crippen molar-refractivity contribution >= 4 is 29.4 Å². The Bertz CT molecular complexity index is 770. The van der Waals surface area contributed by atoms with Crippen LogP contribution in [0.1, 0.15) is 35.7 Å². The summed E-state index contributed by atoms with van der Waals surface area (Å²) in [5.74, 6) is 1.07. The zero-order valence-corrected chi connectivity index (χ0v) is 14.4. The molecule has 1 aliphatic carbocycles. The van der Waals surface area contributed by atoms with E-state index in [4.69, 9.17) is 0 Å². The molecule has 3 N–H and O–H groups in total. The number of urea groups is 1. The SMILES string of the molecule is Cc1ccc(NC(=O)NC(=O)CSc2n[nH]c(C3CC3)n2)c(C)c1. The van der Waals surface area contributed by atoms with Gasteiger partial charge in [0.05, 0.1) is 5.75 Å². The summed E-state index contributed by atoms with van der Waals surface area (Å²) in [7, 11) is 0. The third-order valence-electron chi connectivity index (χ3n) is 3.66. The highest BCUT2D eigenvalue weighted by molar-refractivity contribution is 7.99. The molecule has 2 aromatic rings. The molecule has 0 unspecified atom stereocenters. The average Bonchev–Trinajstić information content (AvgIpc) is 3.27. The molecule has 0 radical (unpaired) electrons. The van der Waals surface area contributed by atoms with Gasteiger partial charge in [-0.15, -0.1) is 5.10 Å². The molecule has 1 aliphatic rings. The summed E-state index contributed by atoms with van der Waals surface area (Å²) in [6.45, 7) is 3.89. The minimum absolute atomic E-state index is 0.0856. The lowest BCUT2D eigenvalue weighted by atomic mass is 10.1. The van der Waals surface area contributed by atoms with E-state index in [1.807, 2.05) is 32.0 Å². The number of nitrogens with one attached hydrogen (secondary N) is 3.